The van der Waals surface area contributed by atoms with Crippen molar-refractivity contribution in [1.29, 1.82) is 0 Å². The molecule has 0 spiro atoms. The van der Waals surface area contributed by atoms with E-state index in [-0.39, 0.29) is 10.6 Å². The number of rotatable bonds is 2. The molecule has 0 N–H and O–H groups in total. The Kier molecular flexibility index (Phi) is 4.17. The third kappa shape index (κ3) is 3.06. The van der Waals surface area contributed by atoms with E-state index in [1.165, 1.54) is 23.6 Å². The molecule has 26 heavy (non-hydrogen) atoms. The zero-order chi connectivity index (χ0) is 18.3. The maximum atomic E-state index is 13.1. The van der Waals surface area contributed by atoms with Gasteiger partial charge in [-0.25, -0.2) is 4.98 Å². The Morgan fingerprint density at radius 3 is 2.50 bits per heavy atom. The van der Waals surface area contributed by atoms with E-state index in [1.807, 2.05) is 24.3 Å². The first kappa shape index (κ1) is 17.0. The highest BCUT2D eigenvalue weighted by molar-refractivity contribution is 7.21. The summed E-state index contributed by atoms with van der Waals surface area (Å²) in [4.78, 5) is 8.88. The van der Waals surface area contributed by atoms with Crippen LogP contribution >= 0.6 is 22.9 Å². The molecule has 0 amide bonds. The average Bonchev–Trinajstić information content (AvgIpc) is 3.05. The molecule has 4 aromatic rings. The van der Waals surface area contributed by atoms with Crippen molar-refractivity contribution in [3.05, 3.63) is 71.4 Å². The minimum Gasteiger partial charge on any atom is -0.255 e. The van der Waals surface area contributed by atoms with Gasteiger partial charge < -0.3 is 0 Å². The van der Waals surface area contributed by atoms with Gasteiger partial charge >= 0.3 is 6.18 Å². The summed E-state index contributed by atoms with van der Waals surface area (Å²) < 4.78 is 40.3. The molecule has 2 nitrogen and oxygen atoms in total. The van der Waals surface area contributed by atoms with Crippen molar-refractivity contribution in [2.75, 3.05) is 0 Å². The zero-order valence-corrected chi connectivity index (χ0v) is 14.7. The standard InChI is InChI=1S/C19H10ClF3N2S/c20-14-8-7-11(19(21,22)23)10-13(14)17-12(4-3-9-24-17)18-25-15-5-1-2-6-16(15)26-18/h1-10H. The summed E-state index contributed by atoms with van der Waals surface area (Å²) in [5.41, 5.74) is 1.32. The smallest absolute Gasteiger partial charge is 0.255 e. The van der Waals surface area contributed by atoms with E-state index in [0.29, 0.717) is 16.3 Å². The van der Waals surface area contributed by atoms with Crippen molar-refractivity contribution in [3.63, 3.8) is 0 Å². The number of thiazole rings is 1. The van der Waals surface area contributed by atoms with Gasteiger partial charge in [-0.3, -0.25) is 4.98 Å². The number of aromatic nitrogens is 2. The lowest BCUT2D eigenvalue weighted by molar-refractivity contribution is -0.137. The van der Waals surface area contributed by atoms with Crippen LogP contribution in [-0.4, -0.2) is 9.97 Å². The van der Waals surface area contributed by atoms with Gasteiger partial charge in [0.25, 0.3) is 0 Å². The Balaban J connectivity index is 1.92. The summed E-state index contributed by atoms with van der Waals surface area (Å²) in [5, 5.41) is 0.891. The Hall–Kier alpha value is -2.44. The molecule has 0 aliphatic carbocycles. The highest BCUT2D eigenvalue weighted by Gasteiger charge is 2.31. The Morgan fingerprint density at radius 2 is 1.73 bits per heavy atom. The first-order valence-corrected chi connectivity index (χ1v) is 8.81. The molecule has 0 unspecified atom stereocenters. The van der Waals surface area contributed by atoms with Crippen LogP contribution in [0, 0.1) is 0 Å². The summed E-state index contributed by atoms with van der Waals surface area (Å²) in [6.07, 6.45) is -2.92. The maximum absolute atomic E-state index is 13.1. The lowest BCUT2D eigenvalue weighted by atomic mass is 10.0. The van der Waals surface area contributed by atoms with Gasteiger partial charge in [0, 0.05) is 17.3 Å². The zero-order valence-electron chi connectivity index (χ0n) is 13.1. The van der Waals surface area contributed by atoms with Crippen LogP contribution in [0.15, 0.2) is 60.8 Å². The minimum absolute atomic E-state index is 0.207. The number of hydrogen-bond acceptors (Lipinski definition) is 3. The summed E-state index contributed by atoms with van der Waals surface area (Å²) in [5.74, 6) is 0. The predicted octanol–water partition coefficient (Wildman–Crippen LogP) is 6.70. The van der Waals surface area contributed by atoms with Crippen LogP contribution in [0.3, 0.4) is 0 Å². The van der Waals surface area contributed by atoms with Gasteiger partial charge in [0.05, 0.1) is 26.5 Å². The van der Waals surface area contributed by atoms with Gasteiger partial charge in [-0.1, -0.05) is 23.7 Å². The Labute approximate surface area is 155 Å². The summed E-state index contributed by atoms with van der Waals surface area (Å²) >= 11 is 7.65. The average molecular weight is 391 g/mol. The number of alkyl halides is 3. The molecule has 0 saturated carbocycles. The number of nitrogens with zero attached hydrogens (tertiary/aromatic N) is 2. The summed E-state index contributed by atoms with van der Waals surface area (Å²) in [7, 11) is 0. The molecule has 0 radical (unpaired) electrons. The van der Waals surface area contributed by atoms with Gasteiger partial charge in [-0.2, -0.15) is 13.2 Å². The molecule has 0 fully saturated rings. The molecule has 2 aromatic carbocycles. The molecule has 0 saturated heterocycles. The van der Waals surface area contributed by atoms with Gasteiger partial charge in [0.2, 0.25) is 0 Å². The third-order valence-electron chi connectivity index (χ3n) is 3.88. The van der Waals surface area contributed by atoms with Gasteiger partial charge in [0.15, 0.2) is 0 Å². The topological polar surface area (TPSA) is 25.8 Å². The van der Waals surface area contributed by atoms with Crippen molar-refractivity contribution in [2.45, 2.75) is 6.18 Å². The van der Waals surface area contributed by atoms with Gasteiger partial charge in [-0.05, 0) is 42.5 Å². The lowest BCUT2D eigenvalue weighted by Crippen LogP contribution is -2.05. The van der Waals surface area contributed by atoms with Crippen LogP contribution in [0.1, 0.15) is 5.56 Å². The van der Waals surface area contributed by atoms with Crippen LogP contribution in [-0.2, 0) is 6.18 Å². The maximum Gasteiger partial charge on any atom is 0.416 e. The molecule has 0 aliphatic rings. The van der Waals surface area contributed by atoms with Crippen molar-refractivity contribution < 1.29 is 13.2 Å². The van der Waals surface area contributed by atoms with Crippen molar-refractivity contribution in [1.82, 2.24) is 9.97 Å². The van der Waals surface area contributed by atoms with Crippen LogP contribution in [0.4, 0.5) is 13.2 Å². The molecule has 130 valence electrons. The fourth-order valence-corrected chi connectivity index (χ4v) is 3.86. The quantitative estimate of drug-likeness (QED) is 0.380. The van der Waals surface area contributed by atoms with E-state index in [0.717, 1.165) is 22.3 Å². The summed E-state index contributed by atoms with van der Waals surface area (Å²) in [6, 6.07) is 14.4. The van der Waals surface area contributed by atoms with E-state index < -0.39 is 11.7 Å². The second-order valence-corrected chi connectivity index (χ2v) is 7.02. The lowest BCUT2D eigenvalue weighted by Gasteiger charge is -2.12. The van der Waals surface area contributed by atoms with Crippen molar-refractivity contribution >= 4 is 33.2 Å². The highest BCUT2D eigenvalue weighted by Crippen LogP contribution is 2.40. The monoisotopic (exact) mass is 390 g/mol. The van der Waals surface area contributed by atoms with Crippen LogP contribution in [0.25, 0.3) is 32.0 Å². The summed E-state index contributed by atoms with van der Waals surface area (Å²) in [6.45, 7) is 0. The third-order valence-corrected chi connectivity index (χ3v) is 5.28. The molecule has 0 aliphatic heterocycles. The fourth-order valence-electron chi connectivity index (χ4n) is 2.66. The Morgan fingerprint density at radius 1 is 0.923 bits per heavy atom. The highest BCUT2D eigenvalue weighted by atomic mass is 35.5. The van der Waals surface area contributed by atoms with Gasteiger partial charge in [0.1, 0.15) is 5.01 Å². The number of para-hydroxylation sites is 1. The van der Waals surface area contributed by atoms with Crippen LogP contribution < -0.4 is 0 Å². The second-order valence-electron chi connectivity index (χ2n) is 5.58. The van der Waals surface area contributed by atoms with Gasteiger partial charge in [-0.15, -0.1) is 11.3 Å². The van der Waals surface area contributed by atoms with Crippen molar-refractivity contribution in [3.8, 4) is 21.8 Å². The minimum atomic E-state index is -4.45. The van der Waals surface area contributed by atoms with E-state index >= 15 is 0 Å². The fraction of sp³-hybridized carbons (Fsp3) is 0.0526. The largest absolute Gasteiger partial charge is 0.416 e. The van der Waals surface area contributed by atoms with Crippen LogP contribution in [0.2, 0.25) is 5.02 Å². The van der Waals surface area contributed by atoms with Crippen LogP contribution in [0.5, 0.6) is 0 Å². The molecule has 0 atom stereocenters. The SMILES string of the molecule is FC(F)(F)c1ccc(Cl)c(-c2ncccc2-c2nc3ccccc3s2)c1. The predicted molar refractivity (Wildman–Crippen MR) is 98.3 cm³/mol. The molecule has 7 heteroatoms. The number of benzene rings is 2. The molecular formula is C19H10ClF3N2S. The molecular weight excluding hydrogens is 381 g/mol. The number of fused-ring (bicyclic) bond motifs is 1. The van der Waals surface area contributed by atoms with E-state index in [9.17, 15) is 13.2 Å². The second kappa shape index (κ2) is 6.37. The first-order chi connectivity index (χ1) is 12.4. The number of halogens is 4. The van der Waals surface area contributed by atoms with E-state index in [1.54, 1.807) is 12.1 Å². The van der Waals surface area contributed by atoms with E-state index in [2.05, 4.69) is 9.97 Å². The van der Waals surface area contributed by atoms with E-state index in [4.69, 9.17) is 11.6 Å². The Bertz CT molecular complexity index is 1070. The first-order valence-electron chi connectivity index (χ1n) is 7.61. The van der Waals surface area contributed by atoms with Crippen molar-refractivity contribution in [2.24, 2.45) is 0 Å². The number of hydrogen-bond donors (Lipinski definition) is 0. The molecule has 2 heterocycles. The molecule has 4 rings (SSSR count). The number of pyridine rings is 1. The molecule has 0 bridgehead atoms. The normalized spacial score (nSPS) is 11.8. The molecule has 2 aromatic heterocycles.